The molecule has 0 N–H and O–H groups in total. The first kappa shape index (κ1) is 13.9. The molecule has 0 aromatic heterocycles. The minimum Gasteiger partial charge on any atom is -0.303 e. The fourth-order valence-corrected chi connectivity index (χ4v) is 1.55. The van der Waals surface area contributed by atoms with Crippen LogP contribution in [0, 0.1) is 0 Å². The second-order valence-electron chi connectivity index (χ2n) is 4.29. The molecular formula is C11H26N2O. The van der Waals surface area contributed by atoms with Gasteiger partial charge in [-0.3, -0.25) is 0 Å². The van der Waals surface area contributed by atoms with Crippen LogP contribution in [-0.4, -0.2) is 50.3 Å². The van der Waals surface area contributed by atoms with Crippen LogP contribution in [0.15, 0.2) is 0 Å². The average molecular weight is 202 g/mol. The summed E-state index contributed by atoms with van der Waals surface area (Å²) in [5.41, 5.74) is 0. The largest absolute Gasteiger partial charge is 0.303 e. The van der Waals surface area contributed by atoms with E-state index in [0.717, 1.165) is 12.1 Å². The van der Waals surface area contributed by atoms with E-state index in [1.165, 1.54) is 19.3 Å². The molecule has 1 fully saturated rings. The van der Waals surface area contributed by atoms with Gasteiger partial charge in [-0.1, -0.05) is 6.42 Å². The van der Waals surface area contributed by atoms with Crippen LogP contribution < -0.4 is 0 Å². The van der Waals surface area contributed by atoms with E-state index in [1.807, 2.05) is 14.1 Å². The Morgan fingerprint density at radius 2 is 1.50 bits per heavy atom. The molecule has 1 rings (SSSR count). The van der Waals surface area contributed by atoms with E-state index >= 15 is 0 Å². The fraction of sp³-hybridized carbons (Fsp3) is 1.00. The molecule has 0 bridgehead atoms. The molecule has 1 heterocycles. The van der Waals surface area contributed by atoms with Gasteiger partial charge >= 0.3 is 0 Å². The topological polar surface area (TPSA) is 15.7 Å². The molecule has 0 unspecified atom stereocenters. The molecule has 14 heavy (non-hydrogen) atoms. The van der Waals surface area contributed by atoms with E-state index in [2.05, 4.69) is 30.6 Å². The predicted molar refractivity (Wildman–Crippen MR) is 61.2 cm³/mol. The second-order valence-corrected chi connectivity index (χ2v) is 4.29. The summed E-state index contributed by atoms with van der Waals surface area (Å²) >= 11 is 0. The van der Waals surface area contributed by atoms with Crippen LogP contribution in [0.5, 0.6) is 0 Å². The summed E-state index contributed by atoms with van der Waals surface area (Å²) < 4.78 is 0. The van der Waals surface area contributed by atoms with Crippen LogP contribution in [0.2, 0.25) is 0 Å². The Kier molecular flexibility index (Phi) is 7.15. The van der Waals surface area contributed by atoms with E-state index in [9.17, 15) is 0 Å². The highest BCUT2D eigenvalue weighted by molar-refractivity contribution is 4.75. The predicted octanol–water partition coefficient (Wildman–Crippen LogP) is 1.99. The van der Waals surface area contributed by atoms with Crippen molar-refractivity contribution in [1.82, 2.24) is 9.96 Å². The third-order valence-electron chi connectivity index (χ3n) is 3.00. The molecule has 0 aromatic rings. The molecule has 0 spiro atoms. The van der Waals surface area contributed by atoms with Gasteiger partial charge in [0.25, 0.3) is 0 Å². The molecule has 2 atom stereocenters. The van der Waals surface area contributed by atoms with Crippen LogP contribution in [0.1, 0.15) is 33.1 Å². The maximum Gasteiger partial charge on any atom is 0.0574 e. The van der Waals surface area contributed by atoms with E-state index in [1.54, 1.807) is 12.2 Å². The maximum atomic E-state index is 4.58. The molecule has 3 heteroatoms. The third kappa shape index (κ3) is 5.58. The monoisotopic (exact) mass is 202 g/mol. The summed E-state index contributed by atoms with van der Waals surface area (Å²) in [4.78, 5) is 7.06. The van der Waals surface area contributed by atoms with Crippen molar-refractivity contribution < 1.29 is 4.84 Å². The molecule has 1 saturated heterocycles. The summed E-state index contributed by atoms with van der Waals surface area (Å²) in [6.45, 7) is 4.63. The number of hydrogen-bond donors (Lipinski definition) is 0. The molecular weight excluding hydrogens is 176 g/mol. The van der Waals surface area contributed by atoms with Gasteiger partial charge in [0.2, 0.25) is 0 Å². The smallest absolute Gasteiger partial charge is 0.0574 e. The van der Waals surface area contributed by atoms with Crippen molar-refractivity contribution in [2.24, 2.45) is 0 Å². The lowest BCUT2D eigenvalue weighted by Crippen LogP contribution is -2.40. The lowest BCUT2D eigenvalue weighted by atomic mass is 9.99. The van der Waals surface area contributed by atoms with E-state index in [0.29, 0.717) is 0 Å². The number of hydroxylamine groups is 2. The van der Waals surface area contributed by atoms with Gasteiger partial charge in [-0.25, -0.2) is 0 Å². The van der Waals surface area contributed by atoms with Crippen LogP contribution in [0.4, 0.5) is 0 Å². The third-order valence-corrected chi connectivity index (χ3v) is 3.00. The van der Waals surface area contributed by atoms with Crippen molar-refractivity contribution in [1.29, 1.82) is 0 Å². The van der Waals surface area contributed by atoms with Gasteiger partial charge in [-0.2, -0.15) is 5.06 Å². The number of likely N-dealkylation sites (tertiary alicyclic amines) is 1. The van der Waals surface area contributed by atoms with Crippen molar-refractivity contribution in [3.05, 3.63) is 0 Å². The molecule has 0 saturated carbocycles. The van der Waals surface area contributed by atoms with Gasteiger partial charge in [0.05, 0.1) is 7.11 Å². The Balaban J connectivity index is 0.000000292. The van der Waals surface area contributed by atoms with Crippen molar-refractivity contribution in [2.45, 2.75) is 45.2 Å². The molecule has 1 aliphatic heterocycles. The Morgan fingerprint density at radius 3 is 1.71 bits per heavy atom. The number of hydrogen-bond acceptors (Lipinski definition) is 3. The molecule has 1 aliphatic rings. The lowest BCUT2D eigenvalue weighted by molar-refractivity contribution is -0.0855. The molecule has 0 radical (unpaired) electrons. The fourth-order valence-electron chi connectivity index (χ4n) is 1.55. The highest BCUT2D eigenvalue weighted by atomic mass is 16.7. The van der Waals surface area contributed by atoms with E-state index in [4.69, 9.17) is 0 Å². The minimum atomic E-state index is 0.814. The van der Waals surface area contributed by atoms with Crippen molar-refractivity contribution in [3.8, 4) is 0 Å². The molecule has 0 aliphatic carbocycles. The normalized spacial score (nSPS) is 28.5. The lowest BCUT2D eigenvalue weighted by Gasteiger charge is -2.35. The average Bonchev–Trinajstić information content (AvgIpc) is 2.15. The van der Waals surface area contributed by atoms with Crippen molar-refractivity contribution in [3.63, 3.8) is 0 Å². The van der Waals surface area contributed by atoms with Gasteiger partial charge in [0.15, 0.2) is 0 Å². The Hall–Kier alpha value is -0.120. The van der Waals surface area contributed by atoms with Crippen molar-refractivity contribution in [2.75, 3.05) is 28.3 Å². The Morgan fingerprint density at radius 1 is 1.14 bits per heavy atom. The standard InChI is InChI=1S/C8H17N.C3H9NO/c1-7-5-4-6-8(2)9(7)3;1-4(2)5-3/h7-8H,4-6H2,1-3H3;1-3H3/t7-,8+;. The molecule has 0 amide bonds. The SMILES string of the molecule is CON(C)C.C[C@@H]1CCC[C@H](C)N1C. The quantitative estimate of drug-likeness (QED) is 0.605. The van der Waals surface area contributed by atoms with E-state index < -0.39 is 0 Å². The summed E-state index contributed by atoms with van der Waals surface area (Å²) in [5.74, 6) is 0. The molecule has 0 aromatic carbocycles. The molecule has 3 nitrogen and oxygen atoms in total. The van der Waals surface area contributed by atoms with Gasteiger partial charge in [0.1, 0.15) is 0 Å². The second kappa shape index (κ2) is 7.21. The zero-order chi connectivity index (χ0) is 11.1. The van der Waals surface area contributed by atoms with Gasteiger partial charge < -0.3 is 9.74 Å². The summed E-state index contributed by atoms with van der Waals surface area (Å²) in [6, 6.07) is 1.63. The Labute approximate surface area is 89.0 Å². The van der Waals surface area contributed by atoms with Gasteiger partial charge in [-0.05, 0) is 33.7 Å². The molecule has 86 valence electrons. The number of nitrogens with zero attached hydrogens (tertiary/aromatic N) is 2. The zero-order valence-corrected chi connectivity index (χ0v) is 10.6. The van der Waals surface area contributed by atoms with E-state index in [-0.39, 0.29) is 0 Å². The first-order valence-electron chi connectivity index (χ1n) is 5.42. The van der Waals surface area contributed by atoms with Crippen molar-refractivity contribution >= 4 is 0 Å². The maximum absolute atomic E-state index is 4.58. The van der Waals surface area contributed by atoms with Crippen LogP contribution >= 0.6 is 0 Å². The van der Waals surface area contributed by atoms with Crippen LogP contribution in [0.3, 0.4) is 0 Å². The summed E-state index contributed by atoms with van der Waals surface area (Å²) in [5, 5.41) is 1.62. The van der Waals surface area contributed by atoms with Gasteiger partial charge in [-0.15, -0.1) is 0 Å². The van der Waals surface area contributed by atoms with Gasteiger partial charge in [0, 0.05) is 26.2 Å². The minimum absolute atomic E-state index is 0.814. The summed E-state index contributed by atoms with van der Waals surface area (Å²) in [7, 11) is 7.52. The summed E-state index contributed by atoms with van der Waals surface area (Å²) in [6.07, 6.45) is 4.20. The zero-order valence-electron chi connectivity index (χ0n) is 10.6. The number of piperidine rings is 1. The first-order valence-corrected chi connectivity index (χ1v) is 5.42. The van der Waals surface area contributed by atoms with Crippen LogP contribution in [-0.2, 0) is 4.84 Å². The van der Waals surface area contributed by atoms with Crippen LogP contribution in [0.25, 0.3) is 0 Å². The first-order chi connectivity index (χ1) is 6.49. The number of rotatable bonds is 1. The highest BCUT2D eigenvalue weighted by Gasteiger charge is 2.19. The highest BCUT2D eigenvalue weighted by Crippen LogP contribution is 2.19. The Bertz CT molecular complexity index is 129.